The maximum Gasteiger partial charge on any atom is 0.184 e. The van der Waals surface area contributed by atoms with Gasteiger partial charge in [-0.05, 0) is 44.4 Å². The highest BCUT2D eigenvalue weighted by molar-refractivity contribution is 5.98. The summed E-state index contributed by atoms with van der Waals surface area (Å²) in [6.45, 7) is 7.47. The topological polar surface area (TPSA) is 26.9 Å². The van der Waals surface area contributed by atoms with Crippen molar-refractivity contribution in [2.75, 3.05) is 0 Å². The first-order chi connectivity index (χ1) is 10.1. The van der Waals surface area contributed by atoms with Crippen molar-refractivity contribution in [3.8, 4) is 0 Å². The van der Waals surface area contributed by atoms with Gasteiger partial charge in [0.05, 0.1) is 6.54 Å². The molecule has 0 saturated heterocycles. The number of carbonyl (C=O) groups excluding carboxylic acids is 1. The number of hydrogen-bond acceptors (Lipinski definition) is 1. The Morgan fingerprint density at radius 2 is 1.90 bits per heavy atom. The summed E-state index contributed by atoms with van der Waals surface area (Å²) in [5, 5.41) is 1.17. The molecule has 0 fully saturated rings. The lowest BCUT2D eigenvalue weighted by atomic mass is 10.1. The van der Waals surface area contributed by atoms with E-state index in [4.69, 9.17) is 0 Å². The van der Waals surface area contributed by atoms with Crippen molar-refractivity contribution >= 4 is 16.7 Å². The van der Waals surface area contributed by atoms with Gasteiger partial charge in [-0.1, -0.05) is 18.2 Å². The van der Waals surface area contributed by atoms with Crippen LogP contribution in [0.1, 0.15) is 28.7 Å². The van der Waals surface area contributed by atoms with Gasteiger partial charge in [0.2, 0.25) is 0 Å². The van der Waals surface area contributed by atoms with Gasteiger partial charge in [0, 0.05) is 35.2 Å². The Bertz CT molecular complexity index is 808. The Morgan fingerprint density at radius 1 is 1.14 bits per heavy atom. The fraction of sp³-hybridized carbons (Fsp3) is 0.278. The number of nitrogens with zero attached hydrogens (tertiary/aromatic N) is 2. The van der Waals surface area contributed by atoms with Gasteiger partial charge in [-0.2, -0.15) is 0 Å². The van der Waals surface area contributed by atoms with Gasteiger partial charge >= 0.3 is 0 Å². The third kappa shape index (κ3) is 2.29. The molecule has 0 atom stereocenters. The van der Waals surface area contributed by atoms with Crippen molar-refractivity contribution in [2.45, 2.75) is 33.9 Å². The zero-order valence-electron chi connectivity index (χ0n) is 12.8. The van der Waals surface area contributed by atoms with Crippen molar-refractivity contribution < 1.29 is 4.79 Å². The first-order valence-electron chi connectivity index (χ1n) is 7.35. The molecule has 0 radical (unpaired) electrons. The molecule has 21 heavy (non-hydrogen) atoms. The molecule has 2 heterocycles. The van der Waals surface area contributed by atoms with E-state index in [0.29, 0.717) is 6.54 Å². The Hall–Kier alpha value is -2.29. The number of Topliss-reactive ketones (excluding diaryl/α,β-unsaturated/α-hetero) is 1. The largest absolute Gasteiger partial charge is 0.349 e. The van der Waals surface area contributed by atoms with Crippen molar-refractivity contribution in [3.63, 3.8) is 0 Å². The summed E-state index contributed by atoms with van der Waals surface area (Å²) in [5.41, 5.74) is 4.16. The minimum Gasteiger partial charge on any atom is -0.349 e. The van der Waals surface area contributed by atoms with Crippen LogP contribution in [0.4, 0.5) is 0 Å². The molecule has 0 aliphatic carbocycles. The summed E-state index contributed by atoms with van der Waals surface area (Å²) in [6.07, 6.45) is 1.99. The first kappa shape index (κ1) is 13.7. The molecule has 2 aromatic heterocycles. The van der Waals surface area contributed by atoms with Crippen LogP contribution in [0.25, 0.3) is 10.9 Å². The third-order valence-corrected chi connectivity index (χ3v) is 4.18. The van der Waals surface area contributed by atoms with Crippen molar-refractivity contribution in [1.29, 1.82) is 0 Å². The number of aryl methyl sites for hydroxylation is 1. The fourth-order valence-corrected chi connectivity index (χ4v) is 3.09. The molecule has 0 spiro atoms. The summed E-state index contributed by atoms with van der Waals surface area (Å²) in [5.74, 6) is 0.171. The standard InChI is InChI=1S/C18H20N2O/c1-4-20-13(2)11-16(14(20)3)18(21)12-19-10-9-15-7-5-6-8-17(15)19/h5-11H,4,12H2,1-3H3. The van der Waals surface area contributed by atoms with E-state index in [1.54, 1.807) is 0 Å². The molecule has 0 saturated carbocycles. The molecule has 3 aromatic rings. The van der Waals surface area contributed by atoms with Gasteiger partial charge in [0.25, 0.3) is 0 Å². The van der Waals surface area contributed by atoms with Crippen molar-refractivity contribution in [3.05, 3.63) is 59.5 Å². The van der Waals surface area contributed by atoms with Gasteiger partial charge < -0.3 is 9.13 Å². The second kappa shape index (κ2) is 5.24. The molecule has 3 heteroatoms. The molecule has 0 amide bonds. The molecule has 0 N–H and O–H groups in total. The van der Waals surface area contributed by atoms with Crippen LogP contribution in [0, 0.1) is 13.8 Å². The summed E-state index contributed by atoms with van der Waals surface area (Å²) in [7, 11) is 0. The molecule has 108 valence electrons. The number of rotatable bonds is 4. The third-order valence-electron chi connectivity index (χ3n) is 4.18. The normalized spacial score (nSPS) is 11.2. The van der Waals surface area contributed by atoms with Gasteiger partial charge in [0.1, 0.15) is 0 Å². The number of carbonyl (C=O) groups is 1. The number of benzene rings is 1. The first-order valence-corrected chi connectivity index (χ1v) is 7.35. The van der Waals surface area contributed by atoms with Crippen LogP contribution in [-0.2, 0) is 13.1 Å². The summed E-state index contributed by atoms with van der Waals surface area (Å²) in [6, 6.07) is 12.2. The summed E-state index contributed by atoms with van der Waals surface area (Å²) >= 11 is 0. The van der Waals surface area contributed by atoms with E-state index in [2.05, 4.69) is 36.6 Å². The molecule has 0 aliphatic rings. The van der Waals surface area contributed by atoms with Crippen LogP contribution in [0.3, 0.4) is 0 Å². The SMILES string of the molecule is CCn1c(C)cc(C(=O)Cn2ccc3ccccc32)c1C. The second-order valence-electron chi connectivity index (χ2n) is 5.45. The number of para-hydroxylation sites is 1. The quantitative estimate of drug-likeness (QED) is 0.664. The summed E-state index contributed by atoms with van der Waals surface area (Å²) < 4.78 is 4.21. The minimum atomic E-state index is 0.171. The van der Waals surface area contributed by atoms with Crippen LogP contribution in [0.2, 0.25) is 0 Å². The van der Waals surface area contributed by atoms with E-state index < -0.39 is 0 Å². The molecule has 1 aromatic carbocycles. The Labute approximate surface area is 124 Å². The monoisotopic (exact) mass is 280 g/mol. The molecule has 3 nitrogen and oxygen atoms in total. The highest BCUT2D eigenvalue weighted by Gasteiger charge is 2.15. The van der Waals surface area contributed by atoms with E-state index >= 15 is 0 Å². The van der Waals surface area contributed by atoms with Crippen molar-refractivity contribution in [2.24, 2.45) is 0 Å². The Balaban J connectivity index is 1.93. The lowest BCUT2D eigenvalue weighted by Gasteiger charge is -2.07. The van der Waals surface area contributed by atoms with Crippen LogP contribution in [0.15, 0.2) is 42.6 Å². The average Bonchev–Trinajstić information content (AvgIpc) is 3.01. The predicted molar refractivity (Wildman–Crippen MR) is 85.8 cm³/mol. The lowest BCUT2D eigenvalue weighted by Crippen LogP contribution is -2.11. The maximum atomic E-state index is 12.6. The van der Waals surface area contributed by atoms with Crippen LogP contribution in [-0.4, -0.2) is 14.9 Å². The second-order valence-corrected chi connectivity index (χ2v) is 5.45. The van der Waals surface area contributed by atoms with E-state index in [0.717, 1.165) is 29.0 Å². The molecular weight excluding hydrogens is 260 g/mol. The van der Waals surface area contributed by atoms with Crippen LogP contribution < -0.4 is 0 Å². The van der Waals surface area contributed by atoms with E-state index in [9.17, 15) is 4.79 Å². The van der Waals surface area contributed by atoms with Gasteiger partial charge in [-0.3, -0.25) is 4.79 Å². The van der Waals surface area contributed by atoms with Gasteiger partial charge in [-0.25, -0.2) is 0 Å². The fourth-order valence-electron chi connectivity index (χ4n) is 3.09. The summed E-state index contributed by atoms with van der Waals surface area (Å²) in [4.78, 5) is 12.6. The number of hydrogen-bond donors (Lipinski definition) is 0. The minimum absolute atomic E-state index is 0.171. The van der Waals surface area contributed by atoms with Crippen LogP contribution >= 0.6 is 0 Å². The molecule has 3 rings (SSSR count). The molecular formula is C18H20N2O. The highest BCUT2D eigenvalue weighted by Crippen LogP contribution is 2.19. The van der Waals surface area contributed by atoms with Gasteiger partial charge in [-0.15, -0.1) is 0 Å². The van der Waals surface area contributed by atoms with E-state index in [1.165, 1.54) is 5.39 Å². The van der Waals surface area contributed by atoms with E-state index in [1.807, 2.05) is 35.9 Å². The zero-order chi connectivity index (χ0) is 15.0. The highest BCUT2D eigenvalue weighted by atomic mass is 16.1. The molecule has 0 aliphatic heterocycles. The Morgan fingerprint density at radius 3 is 2.62 bits per heavy atom. The average molecular weight is 280 g/mol. The van der Waals surface area contributed by atoms with Crippen LogP contribution in [0.5, 0.6) is 0 Å². The number of ketones is 1. The predicted octanol–water partition coefficient (Wildman–Crippen LogP) is 3.96. The van der Waals surface area contributed by atoms with Crippen molar-refractivity contribution in [1.82, 2.24) is 9.13 Å². The molecule has 0 unspecified atom stereocenters. The number of aromatic nitrogens is 2. The van der Waals surface area contributed by atoms with E-state index in [-0.39, 0.29) is 5.78 Å². The zero-order valence-corrected chi connectivity index (χ0v) is 12.8. The smallest absolute Gasteiger partial charge is 0.184 e. The maximum absolute atomic E-state index is 12.6. The van der Waals surface area contributed by atoms with Gasteiger partial charge in [0.15, 0.2) is 5.78 Å². The number of fused-ring (bicyclic) bond motifs is 1. The molecule has 0 bridgehead atoms. The lowest BCUT2D eigenvalue weighted by molar-refractivity contribution is 0.0973. The Kier molecular flexibility index (Phi) is 3.42.